The Morgan fingerprint density at radius 3 is 2.62 bits per heavy atom. The van der Waals surface area contributed by atoms with Crippen molar-refractivity contribution in [3.05, 3.63) is 22.6 Å². The Morgan fingerprint density at radius 1 is 1.43 bits per heavy atom. The molecule has 1 rings (SSSR count). The number of alkyl halides is 1. The highest BCUT2D eigenvalue weighted by molar-refractivity contribution is 8.14. The fourth-order valence-corrected chi connectivity index (χ4v) is 3.45. The molecule has 0 aliphatic carbocycles. The molecule has 0 saturated heterocycles. The highest BCUT2D eigenvalue weighted by atomic mass is 32.2. The van der Waals surface area contributed by atoms with Crippen LogP contribution in [-0.2, 0) is 8.98 Å². The maximum atomic E-state index is 13.0. The SMILES string of the molecule is CCCC(CCC)NC(=O)C1=CC=S(OC)C(CF)=CC1. The molecule has 0 fully saturated rings. The van der Waals surface area contributed by atoms with Crippen LogP contribution in [-0.4, -0.2) is 31.1 Å². The van der Waals surface area contributed by atoms with Crippen molar-refractivity contribution >= 4 is 22.0 Å². The van der Waals surface area contributed by atoms with E-state index in [1.165, 1.54) is 0 Å². The van der Waals surface area contributed by atoms with Crippen molar-refractivity contribution in [2.75, 3.05) is 13.8 Å². The molecule has 0 saturated carbocycles. The van der Waals surface area contributed by atoms with Crippen LogP contribution in [0.3, 0.4) is 0 Å². The van der Waals surface area contributed by atoms with Crippen molar-refractivity contribution in [3.8, 4) is 0 Å². The first kappa shape index (κ1) is 18.1. The summed E-state index contributed by atoms with van der Waals surface area (Å²) in [6.45, 7) is 3.70. The summed E-state index contributed by atoms with van der Waals surface area (Å²) in [6.07, 6.45) is 8.09. The Bertz CT molecular complexity index is 438. The third-order valence-electron chi connectivity index (χ3n) is 3.41. The summed E-state index contributed by atoms with van der Waals surface area (Å²) >= 11 is 0. The van der Waals surface area contributed by atoms with Gasteiger partial charge in [0.25, 0.3) is 0 Å². The lowest BCUT2D eigenvalue weighted by molar-refractivity contribution is -0.118. The average Bonchev–Trinajstić information content (AvgIpc) is 2.69. The second kappa shape index (κ2) is 9.90. The Balaban J connectivity index is 2.76. The fraction of sp³-hybridized carbons (Fsp3) is 0.625. The molecular weight excluding hydrogens is 289 g/mol. The van der Waals surface area contributed by atoms with Gasteiger partial charge in [0.1, 0.15) is 6.67 Å². The number of hydrogen-bond acceptors (Lipinski definition) is 2. The molecule has 1 atom stereocenters. The molecule has 0 radical (unpaired) electrons. The number of carbonyl (C=O) groups excluding carboxylic acids is 1. The van der Waals surface area contributed by atoms with E-state index in [9.17, 15) is 9.18 Å². The number of nitrogens with one attached hydrogen (secondary N) is 1. The summed E-state index contributed by atoms with van der Waals surface area (Å²) in [7, 11) is 0.897. The van der Waals surface area contributed by atoms with Gasteiger partial charge in [0.15, 0.2) is 0 Å². The second-order valence-electron chi connectivity index (χ2n) is 5.05. The first-order valence-corrected chi connectivity index (χ1v) is 8.74. The molecule has 1 aliphatic rings. The predicted molar refractivity (Wildman–Crippen MR) is 89.2 cm³/mol. The van der Waals surface area contributed by atoms with Crippen LogP contribution in [0.5, 0.6) is 0 Å². The van der Waals surface area contributed by atoms with E-state index in [1.807, 2.05) is 0 Å². The Kier molecular flexibility index (Phi) is 8.54. The van der Waals surface area contributed by atoms with Crippen LogP contribution in [0.2, 0.25) is 0 Å². The zero-order valence-electron chi connectivity index (χ0n) is 13.2. The van der Waals surface area contributed by atoms with Gasteiger partial charge in [-0.2, -0.15) is 0 Å². The van der Waals surface area contributed by atoms with E-state index < -0.39 is 17.4 Å². The minimum Gasteiger partial charge on any atom is -0.350 e. The van der Waals surface area contributed by atoms with E-state index in [0.29, 0.717) is 16.9 Å². The summed E-state index contributed by atoms with van der Waals surface area (Å²) in [4.78, 5) is 12.9. The first-order chi connectivity index (χ1) is 10.2. The molecule has 0 aromatic rings. The molecule has 0 aromatic heterocycles. The maximum absolute atomic E-state index is 13.0. The monoisotopic (exact) mass is 315 g/mol. The number of amides is 1. The van der Waals surface area contributed by atoms with E-state index in [2.05, 4.69) is 19.2 Å². The Labute approximate surface area is 129 Å². The number of carbonyl (C=O) groups is 1. The minimum absolute atomic E-state index is 0.0471. The topological polar surface area (TPSA) is 38.3 Å². The Hall–Kier alpha value is -0.940. The maximum Gasteiger partial charge on any atom is 0.247 e. The molecule has 21 heavy (non-hydrogen) atoms. The van der Waals surface area contributed by atoms with Crippen molar-refractivity contribution in [1.82, 2.24) is 5.32 Å². The number of rotatable bonds is 8. The Morgan fingerprint density at radius 2 is 2.10 bits per heavy atom. The van der Waals surface area contributed by atoms with Gasteiger partial charge in [-0.3, -0.25) is 4.79 Å². The average molecular weight is 315 g/mol. The smallest absolute Gasteiger partial charge is 0.247 e. The first-order valence-electron chi connectivity index (χ1n) is 7.53. The van der Waals surface area contributed by atoms with Gasteiger partial charge in [0.05, 0.1) is 7.11 Å². The molecule has 1 amide bonds. The van der Waals surface area contributed by atoms with Crippen LogP contribution in [0.4, 0.5) is 4.39 Å². The van der Waals surface area contributed by atoms with Gasteiger partial charge in [0, 0.05) is 16.5 Å². The third kappa shape index (κ3) is 5.75. The van der Waals surface area contributed by atoms with E-state index >= 15 is 0 Å². The van der Waals surface area contributed by atoms with E-state index in [0.717, 1.165) is 25.7 Å². The van der Waals surface area contributed by atoms with Gasteiger partial charge in [-0.05, 0) is 41.5 Å². The summed E-state index contributed by atoms with van der Waals surface area (Å²) in [5, 5.41) is 4.87. The van der Waals surface area contributed by atoms with Crippen LogP contribution in [0, 0.1) is 0 Å². The molecule has 0 spiro atoms. The van der Waals surface area contributed by atoms with E-state index in [-0.39, 0.29) is 11.9 Å². The lowest BCUT2D eigenvalue weighted by Crippen LogP contribution is -2.35. The molecule has 1 aliphatic heterocycles. The van der Waals surface area contributed by atoms with Gasteiger partial charge in [-0.1, -0.05) is 32.8 Å². The van der Waals surface area contributed by atoms with Crippen molar-refractivity contribution in [2.45, 2.75) is 52.0 Å². The van der Waals surface area contributed by atoms with Crippen molar-refractivity contribution in [2.24, 2.45) is 0 Å². The fourth-order valence-electron chi connectivity index (χ4n) is 2.31. The van der Waals surface area contributed by atoms with Gasteiger partial charge < -0.3 is 9.50 Å². The normalized spacial score (nSPS) is 18.6. The summed E-state index contributed by atoms with van der Waals surface area (Å²) < 4.78 is 18.2. The molecule has 5 heteroatoms. The number of halogens is 1. The summed E-state index contributed by atoms with van der Waals surface area (Å²) in [6, 6.07) is 0.224. The van der Waals surface area contributed by atoms with Crippen molar-refractivity contribution < 1.29 is 13.4 Å². The van der Waals surface area contributed by atoms with Crippen molar-refractivity contribution in [3.63, 3.8) is 0 Å². The van der Waals surface area contributed by atoms with Crippen LogP contribution in [0.15, 0.2) is 22.6 Å². The lowest BCUT2D eigenvalue weighted by atomic mass is 10.1. The minimum atomic E-state index is -0.659. The van der Waals surface area contributed by atoms with Crippen LogP contribution < -0.4 is 5.32 Å². The molecule has 1 heterocycles. The van der Waals surface area contributed by atoms with Crippen LogP contribution >= 0.6 is 10.8 Å². The second-order valence-corrected chi connectivity index (χ2v) is 6.77. The molecule has 120 valence electrons. The van der Waals surface area contributed by atoms with Gasteiger partial charge in [-0.25, -0.2) is 4.39 Å². The molecule has 0 bridgehead atoms. The molecule has 3 nitrogen and oxygen atoms in total. The summed E-state index contributed by atoms with van der Waals surface area (Å²) in [5.74, 6) is -0.0471. The zero-order valence-corrected chi connectivity index (χ0v) is 14.0. The van der Waals surface area contributed by atoms with Gasteiger partial charge in [-0.15, -0.1) is 0 Å². The quantitative estimate of drug-likeness (QED) is 0.690. The van der Waals surface area contributed by atoms with Gasteiger partial charge in [0.2, 0.25) is 5.91 Å². The lowest BCUT2D eigenvalue weighted by Gasteiger charge is -2.18. The molecule has 1 N–H and O–H groups in total. The number of hydrogen-bond donors (Lipinski definition) is 1. The predicted octanol–water partition coefficient (Wildman–Crippen LogP) is 3.89. The van der Waals surface area contributed by atoms with Crippen LogP contribution in [0.25, 0.3) is 0 Å². The van der Waals surface area contributed by atoms with E-state index in [1.54, 1.807) is 24.6 Å². The van der Waals surface area contributed by atoms with Crippen molar-refractivity contribution in [1.29, 1.82) is 0 Å². The van der Waals surface area contributed by atoms with Gasteiger partial charge >= 0.3 is 0 Å². The molecule has 1 unspecified atom stereocenters. The highest BCUT2D eigenvalue weighted by Crippen LogP contribution is 2.28. The summed E-state index contributed by atoms with van der Waals surface area (Å²) in [5.41, 5.74) is 0.671. The highest BCUT2D eigenvalue weighted by Gasteiger charge is 2.16. The third-order valence-corrected chi connectivity index (χ3v) is 4.95. The standard InChI is InChI=1S/C16H26FNO2S/c1-4-6-14(7-5-2)18-16(19)13-8-9-15(12-17)21(20-3)11-10-13/h9-11,14H,4-8,12H2,1-3H3,(H,18,19). The molecular formula is C16H26FNO2S. The largest absolute Gasteiger partial charge is 0.350 e. The molecule has 0 aromatic carbocycles. The van der Waals surface area contributed by atoms with E-state index in [4.69, 9.17) is 4.18 Å². The van der Waals surface area contributed by atoms with Crippen LogP contribution in [0.1, 0.15) is 46.0 Å². The zero-order chi connectivity index (χ0) is 15.7. The number of allylic oxidation sites excluding steroid dienone is 3.